The van der Waals surface area contributed by atoms with Crippen molar-refractivity contribution in [3.8, 4) is 6.07 Å². The topological polar surface area (TPSA) is 74.5 Å². The van der Waals surface area contributed by atoms with Gasteiger partial charge in [-0.2, -0.15) is 5.26 Å². The zero-order valence-corrected chi connectivity index (χ0v) is 8.80. The first-order valence-electron chi connectivity index (χ1n) is 4.37. The Balaban J connectivity index is 2.29. The van der Waals surface area contributed by atoms with E-state index in [1.54, 1.807) is 7.05 Å². The number of H-pyrrole nitrogens is 1. The van der Waals surface area contributed by atoms with Crippen LogP contribution in [0.4, 0.5) is 0 Å². The Labute approximate surface area is 86.1 Å². The van der Waals surface area contributed by atoms with E-state index < -0.39 is 0 Å². The summed E-state index contributed by atoms with van der Waals surface area (Å²) in [6.45, 7) is 0. The van der Waals surface area contributed by atoms with Crippen molar-refractivity contribution in [1.82, 2.24) is 14.8 Å². The van der Waals surface area contributed by atoms with Crippen LogP contribution in [0.3, 0.4) is 0 Å². The van der Waals surface area contributed by atoms with Crippen molar-refractivity contribution >= 4 is 11.8 Å². The molecule has 0 saturated carbocycles. The molecule has 5 nitrogen and oxygen atoms in total. The number of hydrogen-bond donors (Lipinski definition) is 1. The third-order valence-corrected chi connectivity index (χ3v) is 2.87. The van der Waals surface area contributed by atoms with Crippen LogP contribution < -0.4 is 5.69 Å². The van der Waals surface area contributed by atoms with Gasteiger partial charge in [0.15, 0.2) is 5.16 Å². The molecule has 0 fully saturated rings. The number of nitrogens with one attached hydrogen (secondary N) is 1. The van der Waals surface area contributed by atoms with Gasteiger partial charge in [0.25, 0.3) is 0 Å². The normalized spacial score (nSPS) is 10.0. The van der Waals surface area contributed by atoms with Gasteiger partial charge in [-0.15, -0.1) is 5.10 Å². The number of rotatable bonds is 5. The van der Waals surface area contributed by atoms with Crippen molar-refractivity contribution in [2.45, 2.75) is 24.4 Å². The van der Waals surface area contributed by atoms with Gasteiger partial charge < -0.3 is 0 Å². The molecule has 0 atom stereocenters. The predicted molar refractivity (Wildman–Crippen MR) is 54.0 cm³/mol. The minimum atomic E-state index is -0.190. The average Bonchev–Trinajstić information content (AvgIpc) is 2.49. The summed E-state index contributed by atoms with van der Waals surface area (Å²) >= 11 is 1.53. The minimum absolute atomic E-state index is 0.190. The fraction of sp³-hybridized carbons (Fsp3) is 0.625. The predicted octanol–water partition coefficient (Wildman–Crippen LogP) is 0.894. The Morgan fingerprint density at radius 1 is 1.64 bits per heavy atom. The van der Waals surface area contributed by atoms with E-state index in [1.165, 1.54) is 16.3 Å². The highest BCUT2D eigenvalue weighted by Crippen LogP contribution is 2.14. The molecule has 0 aliphatic rings. The van der Waals surface area contributed by atoms with Crippen LogP contribution in [0.1, 0.15) is 19.3 Å². The lowest BCUT2D eigenvalue weighted by Crippen LogP contribution is -2.12. The smallest absolute Gasteiger partial charge is 0.273 e. The third kappa shape index (κ3) is 2.92. The van der Waals surface area contributed by atoms with E-state index in [4.69, 9.17) is 5.26 Å². The van der Waals surface area contributed by atoms with Gasteiger partial charge >= 0.3 is 5.69 Å². The van der Waals surface area contributed by atoms with Crippen LogP contribution >= 0.6 is 11.8 Å². The van der Waals surface area contributed by atoms with Gasteiger partial charge in [0.2, 0.25) is 0 Å². The largest absolute Gasteiger partial charge is 0.343 e. The Morgan fingerprint density at radius 2 is 2.43 bits per heavy atom. The zero-order chi connectivity index (χ0) is 10.4. The molecule has 0 aromatic carbocycles. The lowest BCUT2D eigenvalue weighted by atomic mass is 10.3. The highest BCUT2D eigenvalue weighted by atomic mass is 32.2. The summed E-state index contributed by atoms with van der Waals surface area (Å²) in [6, 6.07) is 2.10. The molecule has 0 bridgehead atoms. The maximum Gasteiger partial charge on any atom is 0.343 e. The molecular weight excluding hydrogens is 200 g/mol. The Kier molecular flexibility index (Phi) is 4.26. The van der Waals surface area contributed by atoms with Crippen LogP contribution in [0.25, 0.3) is 0 Å². The molecule has 0 aliphatic carbocycles. The highest BCUT2D eigenvalue weighted by molar-refractivity contribution is 7.99. The van der Waals surface area contributed by atoms with Gasteiger partial charge in [-0.1, -0.05) is 11.8 Å². The average molecular weight is 212 g/mol. The summed E-state index contributed by atoms with van der Waals surface area (Å²) < 4.78 is 1.48. The van der Waals surface area contributed by atoms with E-state index in [0.717, 1.165) is 18.6 Å². The van der Waals surface area contributed by atoms with E-state index in [-0.39, 0.29) is 5.69 Å². The van der Waals surface area contributed by atoms with Crippen molar-refractivity contribution in [2.75, 3.05) is 5.75 Å². The minimum Gasteiger partial charge on any atom is -0.273 e. The second-order valence-corrected chi connectivity index (χ2v) is 3.90. The highest BCUT2D eigenvalue weighted by Gasteiger charge is 2.03. The first-order valence-corrected chi connectivity index (χ1v) is 5.35. The van der Waals surface area contributed by atoms with Gasteiger partial charge in [-0.05, 0) is 12.8 Å². The molecule has 1 aromatic heterocycles. The molecule has 0 radical (unpaired) electrons. The number of nitrogens with zero attached hydrogens (tertiary/aromatic N) is 3. The lowest BCUT2D eigenvalue weighted by Gasteiger charge is -1.97. The second-order valence-electron chi connectivity index (χ2n) is 2.83. The van der Waals surface area contributed by atoms with E-state index in [2.05, 4.69) is 16.3 Å². The van der Waals surface area contributed by atoms with Gasteiger partial charge in [-0.25, -0.2) is 9.89 Å². The fourth-order valence-corrected chi connectivity index (χ4v) is 1.85. The molecule has 76 valence electrons. The van der Waals surface area contributed by atoms with Gasteiger partial charge in [0, 0.05) is 19.2 Å². The molecule has 1 N–H and O–H groups in total. The maximum atomic E-state index is 11.0. The van der Waals surface area contributed by atoms with Crippen LogP contribution in [0.5, 0.6) is 0 Å². The summed E-state index contributed by atoms with van der Waals surface area (Å²) in [5, 5.41) is 15.2. The molecule has 1 heterocycles. The summed E-state index contributed by atoms with van der Waals surface area (Å²) in [4.78, 5) is 11.0. The van der Waals surface area contributed by atoms with Gasteiger partial charge in [0.1, 0.15) is 0 Å². The summed E-state index contributed by atoms with van der Waals surface area (Å²) in [7, 11) is 1.68. The number of nitriles is 1. The third-order valence-electron chi connectivity index (χ3n) is 1.75. The number of aromatic nitrogens is 3. The van der Waals surface area contributed by atoms with Crippen molar-refractivity contribution in [3.63, 3.8) is 0 Å². The van der Waals surface area contributed by atoms with E-state index >= 15 is 0 Å². The van der Waals surface area contributed by atoms with Crippen molar-refractivity contribution in [1.29, 1.82) is 5.26 Å². The van der Waals surface area contributed by atoms with E-state index in [0.29, 0.717) is 11.6 Å². The van der Waals surface area contributed by atoms with Crippen LogP contribution in [-0.4, -0.2) is 20.5 Å². The number of hydrogen-bond acceptors (Lipinski definition) is 4. The van der Waals surface area contributed by atoms with Crippen LogP contribution in [0.15, 0.2) is 9.95 Å². The molecule has 0 amide bonds. The molecule has 0 unspecified atom stereocenters. The van der Waals surface area contributed by atoms with Crippen molar-refractivity contribution in [3.05, 3.63) is 10.5 Å². The summed E-state index contributed by atoms with van der Waals surface area (Å²) in [5.41, 5.74) is -0.190. The van der Waals surface area contributed by atoms with Gasteiger partial charge in [-0.3, -0.25) is 4.57 Å². The molecule has 1 rings (SSSR count). The fourth-order valence-electron chi connectivity index (χ4n) is 0.931. The Bertz CT molecular complexity index is 375. The zero-order valence-electron chi connectivity index (χ0n) is 7.99. The molecule has 14 heavy (non-hydrogen) atoms. The quantitative estimate of drug-likeness (QED) is 0.581. The van der Waals surface area contributed by atoms with E-state index in [9.17, 15) is 4.79 Å². The maximum absolute atomic E-state index is 11.0. The Hall–Kier alpha value is -1.22. The van der Waals surface area contributed by atoms with E-state index in [1.807, 2.05) is 0 Å². The first-order chi connectivity index (χ1) is 6.75. The lowest BCUT2D eigenvalue weighted by molar-refractivity contribution is 0.761. The molecule has 0 aliphatic heterocycles. The van der Waals surface area contributed by atoms with Crippen LogP contribution in [0.2, 0.25) is 0 Å². The molecular formula is C8H12N4OS. The molecule has 6 heteroatoms. The first kappa shape index (κ1) is 10.9. The van der Waals surface area contributed by atoms with Crippen LogP contribution in [-0.2, 0) is 7.05 Å². The number of unbranched alkanes of at least 4 members (excludes halogenated alkanes) is 2. The standard InChI is InChI=1S/C8H12N4OS/c1-12-7(13)10-11-8(12)14-6-4-2-3-5-9/h2-4,6H2,1H3,(H,10,13). The number of thioether (sulfide) groups is 1. The molecule has 0 spiro atoms. The van der Waals surface area contributed by atoms with Gasteiger partial charge in [0.05, 0.1) is 6.07 Å². The second kappa shape index (κ2) is 5.50. The SMILES string of the molecule is Cn1c(SCCCCC#N)n[nH]c1=O. The monoisotopic (exact) mass is 212 g/mol. The van der Waals surface area contributed by atoms with Crippen molar-refractivity contribution < 1.29 is 0 Å². The Morgan fingerprint density at radius 3 is 3.00 bits per heavy atom. The van der Waals surface area contributed by atoms with Crippen molar-refractivity contribution in [2.24, 2.45) is 7.05 Å². The number of aromatic amines is 1. The molecule has 1 aromatic rings. The van der Waals surface area contributed by atoms with Crippen LogP contribution in [0, 0.1) is 11.3 Å². The summed E-state index contributed by atoms with van der Waals surface area (Å²) in [6.07, 6.45) is 2.47. The summed E-state index contributed by atoms with van der Waals surface area (Å²) in [5.74, 6) is 0.889. The molecule has 0 saturated heterocycles.